The lowest BCUT2D eigenvalue weighted by molar-refractivity contribution is 0.0605. The number of aromatic nitrogens is 2. The van der Waals surface area contributed by atoms with Crippen LogP contribution in [0.3, 0.4) is 0 Å². The lowest BCUT2D eigenvalue weighted by Gasteiger charge is -2.06. The summed E-state index contributed by atoms with van der Waals surface area (Å²) in [6.07, 6.45) is 0. The molecule has 2 aromatic heterocycles. The van der Waals surface area contributed by atoms with E-state index in [-0.39, 0.29) is 5.56 Å². The number of aromatic amines is 1. The Kier molecular flexibility index (Phi) is 4.96. The summed E-state index contributed by atoms with van der Waals surface area (Å²) in [5.74, 6) is 0.714. The van der Waals surface area contributed by atoms with Gasteiger partial charge in [-0.05, 0) is 38.0 Å². The van der Waals surface area contributed by atoms with E-state index < -0.39 is 5.97 Å². The van der Waals surface area contributed by atoms with Crippen LogP contribution in [-0.4, -0.2) is 23.0 Å². The van der Waals surface area contributed by atoms with Crippen molar-refractivity contribution >= 4 is 39.3 Å². The summed E-state index contributed by atoms with van der Waals surface area (Å²) in [7, 11) is 1.33. The van der Waals surface area contributed by atoms with E-state index in [1.165, 1.54) is 29.6 Å². The molecule has 0 aliphatic carbocycles. The highest BCUT2D eigenvalue weighted by Gasteiger charge is 2.19. The van der Waals surface area contributed by atoms with Crippen molar-refractivity contribution in [2.75, 3.05) is 7.11 Å². The van der Waals surface area contributed by atoms with Gasteiger partial charge >= 0.3 is 5.97 Å². The van der Waals surface area contributed by atoms with Crippen molar-refractivity contribution in [2.24, 2.45) is 0 Å². The Morgan fingerprint density at radius 2 is 2.08 bits per heavy atom. The number of nitrogens with zero attached hydrogens (tertiary/aromatic N) is 1. The van der Waals surface area contributed by atoms with Gasteiger partial charge in [0.15, 0.2) is 0 Å². The number of nitrogens with one attached hydrogen (secondary N) is 1. The molecule has 5 nitrogen and oxygen atoms in total. The molecule has 0 aliphatic rings. The summed E-state index contributed by atoms with van der Waals surface area (Å²) in [5.41, 5.74) is 2.83. The van der Waals surface area contributed by atoms with E-state index in [9.17, 15) is 9.59 Å². The number of carbonyl (C=O) groups is 1. The molecule has 2 heterocycles. The quantitative estimate of drug-likeness (QED) is 0.552. The van der Waals surface area contributed by atoms with Gasteiger partial charge in [-0.15, -0.1) is 23.1 Å². The highest BCUT2D eigenvalue weighted by atomic mass is 32.2. The van der Waals surface area contributed by atoms with Crippen LogP contribution in [-0.2, 0) is 10.5 Å². The molecule has 0 bridgehead atoms. The van der Waals surface area contributed by atoms with Gasteiger partial charge in [0.2, 0.25) is 0 Å². The third-order valence-corrected chi connectivity index (χ3v) is 6.27. The summed E-state index contributed by atoms with van der Waals surface area (Å²) in [4.78, 5) is 33.7. The highest BCUT2D eigenvalue weighted by molar-refractivity contribution is 7.98. The fourth-order valence-corrected chi connectivity index (χ4v) is 4.65. The molecule has 130 valence electrons. The first-order chi connectivity index (χ1) is 11.9. The molecule has 0 saturated heterocycles. The first-order valence-corrected chi connectivity index (χ1v) is 9.51. The van der Waals surface area contributed by atoms with E-state index in [4.69, 9.17) is 4.74 Å². The molecule has 0 radical (unpaired) electrons. The van der Waals surface area contributed by atoms with Gasteiger partial charge in [0, 0.05) is 4.90 Å². The second-order valence-corrected chi connectivity index (χ2v) is 7.81. The normalized spacial score (nSPS) is 11.0. The van der Waals surface area contributed by atoms with Crippen LogP contribution >= 0.6 is 23.1 Å². The molecule has 0 fully saturated rings. The molecular weight excluding hydrogens is 356 g/mol. The summed E-state index contributed by atoms with van der Waals surface area (Å²) >= 11 is 2.83. The van der Waals surface area contributed by atoms with Gasteiger partial charge in [0.05, 0.1) is 18.2 Å². The highest BCUT2D eigenvalue weighted by Crippen LogP contribution is 2.29. The van der Waals surface area contributed by atoms with Crippen LogP contribution < -0.4 is 5.56 Å². The zero-order valence-corrected chi connectivity index (χ0v) is 16.1. The van der Waals surface area contributed by atoms with Crippen LogP contribution in [0.1, 0.15) is 32.2 Å². The SMILES string of the molecule is COC(=O)c1sc2nc(CSc3ccc(C)cc3C)[nH]c(=O)c2c1C. The van der Waals surface area contributed by atoms with E-state index in [1.54, 1.807) is 18.7 Å². The van der Waals surface area contributed by atoms with Gasteiger partial charge in [-0.3, -0.25) is 4.79 Å². The van der Waals surface area contributed by atoms with Crippen LogP contribution in [0.15, 0.2) is 27.9 Å². The first-order valence-electron chi connectivity index (χ1n) is 7.71. The van der Waals surface area contributed by atoms with Crippen LogP contribution in [0.25, 0.3) is 10.2 Å². The average molecular weight is 374 g/mol. The molecule has 0 spiro atoms. The van der Waals surface area contributed by atoms with Gasteiger partial charge in [-0.25, -0.2) is 9.78 Å². The Hall–Kier alpha value is -2.12. The maximum Gasteiger partial charge on any atom is 0.348 e. The monoisotopic (exact) mass is 374 g/mol. The van der Waals surface area contributed by atoms with Crippen LogP contribution in [0.2, 0.25) is 0 Å². The summed E-state index contributed by atoms with van der Waals surface area (Å²) in [6, 6.07) is 6.28. The number of thiophene rings is 1. The molecule has 3 aromatic rings. The number of rotatable bonds is 4. The smallest absolute Gasteiger partial charge is 0.348 e. The number of hydrogen-bond donors (Lipinski definition) is 1. The van der Waals surface area contributed by atoms with Gasteiger partial charge in [-0.2, -0.15) is 0 Å². The Labute approximate surface area is 153 Å². The molecule has 0 saturated carbocycles. The van der Waals surface area contributed by atoms with E-state index in [0.717, 1.165) is 4.90 Å². The maximum atomic E-state index is 12.4. The zero-order valence-electron chi connectivity index (χ0n) is 14.4. The van der Waals surface area contributed by atoms with Crippen molar-refractivity contribution in [3.8, 4) is 0 Å². The first kappa shape index (κ1) is 17.7. The molecule has 0 aliphatic heterocycles. The van der Waals surface area contributed by atoms with Gasteiger partial charge in [0.25, 0.3) is 5.56 Å². The summed E-state index contributed by atoms with van der Waals surface area (Å²) < 4.78 is 4.77. The Morgan fingerprint density at radius 1 is 1.32 bits per heavy atom. The van der Waals surface area contributed by atoms with Gasteiger partial charge in [-0.1, -0.05) is 17.7 Å². The van der Waals surface area contributed by atoms with Crippen LogP contribution in [0.4, 0.5) is 0 Å². The number of hydrogen-bond acceptors (Lipinski definition) is 6. The number of ether oxygens (including phenoxy) is 1. The molecule has 1 aromatic carbocycles. The number of thioether (sulfide) groups is 1. The molecule has 7 heteroatoms. The lowest BCUT2D eigenvalue weighted by atomic mass is 10.2. The fourth-order valence-electron chi connectivity index (χ4n) is 2.65. The topological polar surface area (TPSA) is 72.0 Å². The number of esters is 1. The third kappa shape index (κ3) is 3.48. The van der Waals surface area contributed by atoms with E-state index in [2.05, 4.69) is 42.0 Å². The van der Waals surface area contributed by atoms with Crippen LogP contribution in [0, 0.1) is 20.8 Å². The number of benzene rings is 1. The molecule has 25 heavy (non-hydrogen) atoms. The largest absolute Gasteiger partial charge is 0.465 e. The van der Waals surface area contributed by atoms with Crippen molar-refractivity contribution in [1.82, 2.24) is 9.97 Å². The molecule has 0 amide bonds. The minimum Gasteiger partial charge on any atom is -0.465 e. The minimum atomic E-state index is -0.439. The maximum absolute atomic E-state index is 12.4. The van der Waals surface area contributed by atoms with Gasteiger partial charge < -0.3 is 9.72 Å². The standard InChI is InChI=1S/C18H18N2O3S2/c1-9-5-6-12(10(2)7-9)24-8-13-19-16(21)14-11(3)15(18(22)23-4)25-17(14)20-13/h5-7H,8H2,1-4H3,(H,19,20,21). The van der Waals surface area contributed by atoms with E-state index >= 15 is 0 Å². The Bertz CT molecular complexity index is 1020. The molecule has 1 N–H and O–H groups in total. The minimum absolute atomic E-state index is 0.217. The van der Waals surface area contributed by atoms with Crippen molar-refractivity contribution in [1.29, 1.82) is 0 Å². The lowest BCUT2D eigenvalue weighted by Crippen LogP contribution is -2.11. The van der Waals surface area contributed by atoms with Gasteiger partial charge in [0.1, 0.15) is 15.5 Å². The molecule has 3 rings (SSSR count). The third-order valence-electron chi connectivity index (χ3n) is 3.92. The number of fused-ring (bicyclic) bond motifs is 1. The molecule has 0 atom stereocenters. The fraction of sp³-hybridized carbons (Fsp3) is 0.278. The zero-order chi connectivity index (χ0) is 18.1. The van der Waals surface area contributed by atoms with Crippen molar-refractivity contribution < 1.29 is 9.53 Å². The van der Waals surface area contributed by atoms with Crippen molar-refractivity contribution in [3.05, 3.63) is 55.9 Å². The summed E-state index contributed by atoms with van der Waals surface area (Å²) in [5, 5.41) is 0.464. The van der Waals surface area contributed by atoms with E-state index in [0.29, 0.717) is 32.2 Å². The predicted molar refractivity (Wildman–Crippen MR) is 102 cm³/mol. The number of aryl methyl sites for hydroxylation is 3. The van der Waals surface area contributed by atoms with Crippen molar-refractivity contribution in [2.45, 2.75) is 31.4 Å². The second-order valence-electron chi connectivity index (χ2n) is 5.80. The van der Waals surface area contributed by atoms with Crippen molar-refractivity contribution in [3.63, 3.8) is 0 Å². The number of H-pyrrole nitrogens is 1. The molecule has 0 unspecified atom stereocenters. The van der Waals surface area contributed by atoms with Crippen LogP contribution in [0.5, 0.6) is 0 Å². The Morgan fingerprint density at radius 3 is 2.76 bits per heavy atom. The second kappa shape index (κ2) is 7.01. The molecular formula is C18H18N2O3S2. The predicted octanol–water partition coefficient (Wildman–Crippen LogP) is 3.99. The summed E-state index contributed by atoms with van der Waals surface area (Å²) in [6.45, 7) is 5.87. The Balaban J connectivity index is 1.93. The average Bonchev–Trinajstić information content (AvgIpc) is 2.90. The number of carbonyl (C=O) groups excluding carboxylic acids is 1. The van der Waals surface area contributed by atoms with E-state index in [1.807, 2.05) is 0 Å². The number of methoxy groups -OCH3 is 1.